The SMILES string of the molecule is COCCOCCOCCOCCOCCOCCN1/C(=C/C=C/C=C/C=C/C2=[N+](CCCCCC(=O)O)c3ccc(S(=O)(=O)[O-])cc3C2(C)CCCS(=O)(=O)[O-])C(C)(CCCS(=O)(=O)[O-])c2cc(S(=O)(=O)[O-])ccc21. The molecule has 2 aromatic rings. The second-order valence-electron chi connectivity index (χ2n) is 18.3. The molecule has 76 heavy (non-hydrogen) atoms. The summed E-state index contributed by atoms with van der Waals surface area (Å²) in [4.78, 5) is 12.1. The van der Waals surface area contributed by atoms with Crippen LogP contribution in [0.5, 0.6) is 0 Å². The maximum absolute atomic E-state index is 12.2. The van der Waals surface area contributed by atoms with Gasteiger partial charge in [-0.15, -0.1) is 0 Å². The van der Waals surface area contributed by atoms with Gasteiger partial charge in [-0.2, -0.15) is 4.58 Å². The van der Waals surface area contributed by atoms with Gasteiger partial charge in [0, 0.05) is 72.5 Å². The average Bonchev–Trinajstić information content (AvgIpc) is 3.69. The molecule has 0 aliphatic carbocycles. The van der Waals surface area contributed by atoms with Crippen LogP contribution in [0.25, 0.3) is 0 Å². The Balaban J connectivity index is 1.57. The van der Waals surface area contributed by atoms with Crippen LogP contribution in [-0.2, 0) is 84.5 Å². The topological polar surface area (TPSA) is 328 Å². The van der Waals surface area contributed by atoms with E-state index in [2.05, 4.69) is 0 Å². The lowest BCUT2D eigenvalue weighted by atomic mass is 9.76. The van der Waals surface area contributed by atoms with Gasteiger partial charge < -0.3 is 56.6 Å². The van der Waals surface area contributed by atoms with Crippen LogP contribution in [-0.4, -0.2) is 178 Å². The van der Waals surface area contributed by atoms with Crippen LogP contribution in [0.3, 0.4) is 0 Å². The van der Waals surface area contributed by atoms with Crippen LogP contribution in [0.15, 0.2) is 94.4 Å². The number of carbonyl (C=O) groups is 1. The lowest BCUT2D eigenvalue weighted by Crippen LogP contribution is -2.32. The number of allylic oxidation sites excluding steroid dienone is 8. The second-order valence-corrected chi connectivity index (χ2v) is 24.1. The van der Waals surface area contributed by atoms with Gasteiger partial charge in [0.25, 0.3) is 0 Å². The zero-order chi connectivity index (χ0) is 56.0. The van der Waals surface area contributed by atoms with Gasteiger partial charge in [-0.05, 0) is 94.3 Å². The maximum Gasteiger partial charge on any atom is 0.303 e. The molecule has 1 N–H and O–H groups in total. The molecule has 0 aromatic heterocycles. The molecule has 2 aromatic carbocycles. The Morgan fingerprint density at radius 1 is 0.605 bits per heavy atom. The van der Waals surface area contributed by atoms with Crippen molar-refractivity contribution in [2.45, 2.75) is 85.8 Å². The molecule has 0 amide bonds. The van der Waals surface area contributed by atoms with Gasteiger partial charge in [0.15, 0.2) is 5.71 Å². The lowest BCUT2D eigenvalue weighted by molar-refractivity contribution is -0.438. The quantitative estimate of drug-likeness (QED) is 0.0426. The summed E-state index contributed by atoms with van der Waals surface area (Å²) in [5, 5.41) is 9.15. The van der Waals surface area contributed by atoms with Gasteiger partial charge in [0.1, 0.15) is 26.8 Å². The van der Waals surface area contributed by atoms with Crippen molar-refractivity contribution in [2.24, 2.45) is 0 Å². The zero-order valence-electron chi connectivity index (χ0n) is 43.0. The third-order valence-corrected chi connectivity index (χ3v) is 16.0. The number of methoxy groups -OCH3 is 1. The highest BCUT2D eigenvalue weighted by molar-refractivity contribution is 7.86. The second kappa shape index (κ2) is 30.2. The molecule has 26 heteroatoms. The first-order chi connectivity index (χ1) is 35.8. The standard InChI is InChI=1S/C50H72N2O20S4/c1-49(21-12-36-73(55,56)57)42-38-40(75(61,62)63)17-19-44(42)51(23-11-7-10-16-48(53)54)46(49)14-8-5-4-6-9-15-47-50(2,22-13-37-74(58,59)60)43-39-41(76(64,65)66)18-20-45(43)52(47)24-25-68-28-29-70-32-33-72-35-34-71-31-30-69-27-26-67-3/h4-6,8-9,14-15,17-20,38-39H,7,10-13,16,21-37H2,1-3H3,(H4-,53,54,55,56,57,58,59,60,61,62,63,64,65,66)/p-3. The van der Waals surface area contributed by atoms with Crippen LogP contribution >= 0.6 is 0 Å². The predicted molar refractivity (Wildman–Crippen MR) is 276 cm³/mol. The highest BCUT2D eigenvalue weighted by atomic mass is 32.2. The Hall–Kier alpha value is -4.26. The fraction of sp³-hybridized carbons (Fsp3) is 0.560. The summed E-state index contributed by atoms with van der Waals surface area (Å²) in [6, 6.07) is 7.89. The van der Waals surface area contributed by atoms with Crippen molar-refractivity contribution in [2.75, 3.05) is 109 Å². The number of hydrogen-bond donors (Lipinski definition) is 1. The number of rotatable bonds is 38. The number of aliphatic carboxylic acids is 1. The van der Waals surface area contributed by atoms with E-state index in [-0.39, 0.29) is 58.5 Å². The highest BCUT2D eigenvalue weighted by Crippen LogP contribution is 2.51. The van der Waals surface area contributed by atoms with E-state index in [0.717, 1.165) is 0 Å². The molecule has 0 fully saturated rings. The molecule has 2 unspecified atom stereocenters. The summed E-state index contributed by atoms with van der Waals surface area (Å²) in [7, 11) is -17.5. The van der Waals surface area contributed by atoms with E-state index in [9.17, 15) is 56.7 Å². The van der Waals surface area contributed by atoms with E-state index >= 15 is 0 Å². The van der Waals surface area contributed by atoms with E-state index in [1.807, 2.05) is 9.48 Å². The van der Waals surface area contributed by atoms with Crippen LogP contribution in [0.4, 0.5) is 11.4 Å². The zero-order valence-corrected chi connectivity index (χ0v) is 46.3. The van der Waals surface area contributed by atoms with E-state index < -0.39 is 78.6 Å². The van der Waals surface area contributed by atoms with Crippen molar-refractivity contribution < 1.29 is 94.8 Å². The number of hydrogen-bond acceptors (Lipinski definition) is 20. The minimum absolute atomic E-state index is 0.0367. The molecule has 2 aliphatic rings. The molecule has 0 saturated carbocycles. The number of fused-ring (bicyclic) bond motifs is 2. The van der Waals surface area contributed by atoms with Gasteiger partial charge in [0.05, 0.1) is 108 Å². The van der Waals surface area contributed by atoms with Gasteiger partial charge in [-0.25, -0.2) is 33.7 Å². The molecule has 2 aliphatic heterocycles. The Kier molecular flexibility index (Phi) is 25.5. The Morgan fingerprint density at radius 3 is 1.62 bits per heavy atom. The van der Waals surface area contributed by atoms with Crippen molar-refractivity contribution in [3.05, 3.63) is 95.8 Å². The third kappa shape index (κ3) is 20.5. The van der Waals surface area contributed by atoms with Crippen molar-refractivity contribution in [3.63, 3.8) is 0 Å². The third-order valence-electron chi connectivity index (χ3n) is 12.7. The normalized spacial score (nSPS) is 18.8. The fourth-order valence-corrected chi connectivity index (χ4v) is 11.1. The van der Waals surface area contributed by atoms with Crippen LogP contribution in [0, 0.1) is 0 Å². The molecule has 0 radical (unpaired) electrons. The molecular weight excluding hydrogens is 1080 g/mol. The van der Waals surface area contributed by atoms with E-state index in [4.69, 9.17) is 33.5 Å². The minimum Gasteiger partial charge on any atom is -0.748 e. The summed E-state index contributed by atoms with van der Waals surface area (Å²) in [5.74, 6) is -2.32. The molecule has 0 bridgehead atoms. The molecule has 426 valence electrons. The number of carboxylic acid groups (broad SMARTS) is 1. The first-order valence-corrected chi connectivity index (χ1v) is 30.6. The van der Waals surface area contributed by atoms with Crippen molar-refractivity contribution in [3.8, 4) is 0 Å². The van der Waals surface area contributed by atoms with Crippen molar-refractivity contribution >= 4 is 63.5 Å². The van der Waals surface area contributed by atoms with Gasteiger partial charge >= 0.3 is 5.97 Å². The predicted octanol–water partition coefficient (Wildman–Crippen LogP) is 4.21. The summed E-state index contributed by atoms with van der Waals surface area (Å²) in [6.45, 7) is 8.05. The van der Waals surface area contributed by atoms with Crippen LogP contribution < -0.4 is 4.90 Å². The Labute approximate surface area is 447 Å². The molecule has 2 atom stereocenters. The number of unbranched alkanes of at least 4 members (excludes halogenated alkanes) is 2. The molecule has 0 saturated heterocycles. The van der Waals surface area contributed by atoms with E-state index in [1.165, 1.54) is 36.4 Å². The minimum atomic E-state index is -4.91. The number of carboxylic acids is 1. The van der Waals surface area contributed by atoms with Gasteiger partial charge in [0.2, 0.25) is 5.69 Å². The summed E-state index contributed by atoms with van der Waals surface area (Å²) < 4.78 is 178. The molecule has 22 nitrogen and oxygen atoms in total. The molecule has 0 spiro atoms. The van der Waals surface area contributed by atoms with Crippen LogP contribution in [0.1, 0.15) is 76.3 Å². The highest BCUT2D eigenvalue weighted by Gasteiger charge is 2.48. The maximum atomic E-state index is 12.2. The Morgan fingerprint density at radius 2 is 1.09 bits per heavy atom. The molecular formula is C50H69N2O20S4-3. The molecule has 2 heterocycles. The van der Waals surface area contributed by atoms with E-state index in [0.29, 0.717) is 113 Å². The lowest BCUT2D eigenvalue weighted by Gasteiger charge is -2.30. The fourth-order valence-electron chi connectivity index (χ4n) is 9.08. The number of benzene rings is 2. The summed E-state index contributed by atoms with van der Waals surface area (Å²) >= 11 is 0. The van der Waals surface area contributed by atoms with Gasteiger partial charge in [-0.1, -0.05) is 30.4 Å². The van der Waals surface area contributed by atoms with Crippen molar-refractivity contribution in [1.82, 2.24) is 0 Å². The number of ether oxygens (including phenoxy) is 6. The first kappa shape index (κ1) is 64.3. The van der Waals surface area contributed by atoms with Crippen LogP contribution in [0.2, 0.25) is 0 Å². The van der Waals surface area contributed by atoms with E-state index in [1.54, 1.807) is 63.5 Å². The summed E-state index contributed by atoms with van der Waals surface area (Å²) in [6.07, 6.45) is 13.3. The number of nitrogens with zero attached hydrogens (tertiary/aromatic N) is 2. The largest absolute Gasteiger partial charge is 0.748 e. The van der Waals surface area contributed by atoms with Crippen molar-refractivity contribution in [1.29, 1.82) is 0 Å². The number of anilines is 1. The smallest absolute Gasteiger partial charge is 0.303 e. The molecule has 4 rings (SSSR count). The Bertz CT molecular complexity index is 2870. The average molecular weight is 1150 g/mol. The summed E-state index contributed by atoms with van der Waals surface area (Å²) in [5.41, 5.74) is 0.943. The monoisotopic (exact) mass is 1150 g/mol. The first-order valence-electron chi connectivity index (χ1n) is 24.6. The van der Waals surface area contributed by atoms with Gasteiger partial charge in [-0.3, -0.25) is 4.79 Å².